The molecule has 154 valence electrons. The molecule has 2 fully saturated rings. The number of hydrazone groups is 1. The third-order valence-corrected chi connectivity index (χ3v) is 6.21. The molecule has 1 unspecified atom stereocenters. The summed E-state index contributed by atoms with van der Waals surface area (Å²) in [4.78, 5) is 28.5. The zero-order valence-electron chi connectivity index (χ0n) is 17.0. The third kappa shape index (κ3) is 3.24. The minimum atomic E-state index is -0.828. The van der Waals surface area contributed by atoms with Crippen LogP contribution in [0, 0.1) is 10.8 Å². The number of hydrogen-bond donors (Lipinski definition) is 2. The van der Waals surface area contributed by atoms with Crippen molar-refractivity contribution >= 4 is 29.2 Å². The minimum absolute atomic E-state index is 0.00464. The highest BCUT2D eigenvalue weighted by atomic mass is 16.4. The number of pyridine rings is 1. The lowest BCUT2D eigenvalue weighted by molar-refractivity contribution is -0.0102. The van der Waals surface area contributed by atoms with Gasteiger partial charge >= 0.3 is 6.09 Å². The first kappa shape index (κ1) is 19.4. The normalized spacial score (nSPS) is 21.7. The van der Waals surface area contributed by atoms with Crippen molar-refractivity contribution < 1.29 is 9.90 Å². The molecule has 9 heteroatoms. The lowest BCUT2D eigenvalue weighted by Gasteiger charge is -2.65. The first-order valence-electron chi connectivity index (χ1n) is 9.84. The van der Waals surface area contributed by atoms with E-state index in [-0.39, 0.29) is 16.9 Å². The molecular weight excluding hydrogens is 370 g/mol. The molecule has 2 aliphatic rings. The fourth-order valence-electron chi connectivity index (χ4n) is 5.23. The summed E-state index contributed by atoms with van der Waals surface area (Å²) in [5, 5.41) is 13.8. The van der Waals surface area contributed by atoms with Gasteiger partial charge in [-0.2, -0.15) is 5.10 Å². The van der Waals surface area contributed by atoms with Crippen molar-refractivity contribution in [3.63, 3.8) is 0 Å². The molecular formula is C20H27N7O2. The van der Waals surface area contributed by atoms with Gasteiger partial charge in [0, 0.05) is 42.9 Å². The molecule has 2 aromatic heterocycles. The molecule has 2 saturated heterocycles. The van der Waals surface area contributed by atoms with Gasteiger partial charge in [-0.25, -0.2) is 19.7 Å². The predicted molar refractivity (Wildman–Crippen MR) is 111 cm³/mol. The molecule has 4 rings (SSSR count). The molecule has 3 N–H and O–H groups in total. The van der Waals surface area contributed by atoms with E-state index in [1.807, 2.05) is 6.07 Å². The van der Waals surface area contributed by atoms with Gasteiger partial charge in [0.25, 0.3) is 0 Å². The molecule has 1 amide bonds. The summed E-state index contributed by atoms with van der Waals surface area (Å²) < 4.78 is 0. The first-order chi connectivity index (χ1) is 13.7. The molecule has 1 spiro atoms. The van der Waals surface area contributed by atoms with Crippen molar-refractivity contribution in [2.24, 2.45) is 21.8 Å². The molecule has 4 heterocycles. The van der Waals surface area contributed by atoms with Crippen LogP contribution in [0.25, 0.3) is 11.0 Å². The largest absolute Gasteiger partial charge is 0.465 e. The minimum Gasteiger partial charge on any atom is -0.465 e. The topological polar surface area (TPSA) is 121 Å². The van der Waals surface area contributed by atoms with E-state index in [2.05, 4.69) is 45.7 Å². The fraction of sp³-hybridized carbons (Fsp3) is 0.550. The van der Waals surface area contributed by atoms with E-state index < -0.39 is 6.09 Å². The predicted octanol–water partition coefficient (Wildman–Crippen LogP) is 2.31. The molecule has 29 heavy (non-hydrogen) atoms. The van der Waals surface area contributed by atoms with E-state index in [0.29, 0.717) is 18.7 Å². The standard InChI is InChI=1S/C20H27N7O2/c1-19(2,3)17-20(4-6-26(7-5-20)18(28)29)11-27(17)16-14-8-13(10-25-21)9-22-15(14)23-12-24-16/h8-10,12,17H,4-7,11,21H2,1-3H3,(H,28,29)/b25-10+. The number of anilines is 1. The number of fused-ring (bicyclic) bond motifs is 1. The molecule has 0 saturated carbocycles. The molecule has 0 radical (unpaired) electrons. The zero-order chi connectivity index (χ0) is 20.8. The number of nitrogens with zero attached hydrogens (tertiary/aromatic N) is 6. The Morgan fingerprint density at radius 2 is 2.03 bits per heavy atom. The van der Waals surface area contributed by atoms with Crippen LogP contribution >= 0.6 is 0 Å². The second-order valence-electron chi connectivity index (χ2n) is 9.14. The molecule has 0 bridgehead atoms. The Morgan fingerprint density at radius 3 is 2.66 bits per heavy atom. The summed E-state index contributed by atoms with van der Waals surface area (Å²) in [6.45, 7) is 8.73. The highest BCUT2D eigenvalue weighted by Gasteiger charge is 2.58. The SMILES string of the molecule is CC(C)(C)C1N(c2ncnc3ncc(/C=N/N)cc23)CC12CCN(C(=O)O)CC2. The van der Waals surface area contributed by atoms with Gasteiger partial charge in [0.1, 0.15) is 12.1 Å². The smallest absolute Gasteiger partial charge is 0.407 e. The summed E-state index contributed by atoms with van der Waals surface area (Å²) >= 11 is 0. The van der Waals surface area contributed by atoms with E-state index in [1.54, 1.807) is 18.7 Å². The van der Waals surface area contributed by atoms with Gasteiger partial charge in [-0.05, 0) is 24.3 Å². The number of amides is 1. The van der Waals surface area contributed by atoms with E-state index in [1.165, 1.54) is 4.90 Å². The quantitative estimate of drug-likeness (QED) is 0.453. The highest BCUT2D eigenvalue weighted by Crippen LogP contribution is 2.54. The Balaban J connectivity index is 1.71. The molecule has 0 aliphatic carbocycles. The average molecular weight is 397 g/mol. The van der Waals surface area contributed by atoms with Crippen molar-refractivity contribution in [3.05, 3.63) is 24.2 Å². The van der Waals surface area contributed by atoms with Crippen molar-refractivity contribution in [1.29, 1.82) is 0 Å². The van der Waals surface area contributed by atoms with Gasteiger partial charge in [0.05, 0.1) is 11.6 Å². The summed E-state index contributed by atoms with van der Waals surface area (Å²) in [7, 11) is 0. The van der Waals surface area contributed by atoms with Crippen LogP contribution in [-0.2, 0) is 0 Å². The molecule has 9 nitrogen and oxygen atoms in total. The van der Waals surface area contributed by atoms with Crippen LogP contribution in [0.2, 0.25) is 0 Å². The zero-order valence-corrected chi connectivity index (χ0v) is 17.0. The van der Waals surface area contributed by atoms with E-state index in [4.69, 9.17) is 5.84 Å². The third-order valence-electron chi connectivity index (χ3n) is 6.21. The monoisotopic (exact) mass is 397 g/mol. The van der Waals surface area contributed by atoms with E-state index >= 15 is 0 Å². The number of rotatable bonds is 2. The van der Waals surface area contributed by atoms with Gasteiger partial charge in [-0.3, -0.25) is 0 Å². The lowest BCUT2D eigenvalue weighted by atomic mass is 9.57. The van der Waals surface area contributed by atoms with Gasteiger partial charge < -0.3 is 20.7 Å². The first-order valence-corrected chi connectivity index (χ1v) is 9.84. The van der Waals surface area contributed by atoms with Gasteiger partial charge in [-0.15, -0.1) is 0 Å². The Bertz CT molecular complexity index is 961. The Kier molecular flexibility index (Phi) is 4.55. The van der Waals surface area contributed by atoms with Crippen LogP contribution < -0.4 is 10.7 Å². The Labute approximate surface area is 169 Å². The lowest BCUT2D eigenvalue weighted by Crippen LogP contribution is -2.72. The molecule has 0 aromatic carbocycles. The van der Waals surface area contributed by atoms with Crippen molar-refractivity contribution in [2.75, 3.05) is 24.5 Å². The number of likely N-dealkylation sites (tertiary alicyclic amines) is 1. The van der Waals surface area contributed by atoms with Gasteiger partial charge in [0.15, 0.2) is 5.65 Å². The van der Waals surface area contributed by atoms with Crippen LogP contribution in [0.3, 0.4) is 0 Å². The van der Waals surface area contributed by atoms with Crippen molar-refractivity contribution in [3.8, 4) is 0 Å². The number of nitrogens with two attached hydrogens (primary N) is 1. The van der Waals surface area contributed by atoms with Crippen molar-refractivity contribution in [2.45, 2.75) is 39.7 Å². The molecule has 2 aliphatic heterocycles. The number of carbonyl (C=O) groups is 1. The number of hydrogen-bond acceptors (Lipinski definition) is 7. The second kappa shape index (κ2) is 6.82. The maximum atomic E-state index is 11.3. The van der Waals surface area contributed by atoms with Crippen LogP contribution in [0.15, 0.2) is 23.7 Å². The maximum absolute atomic E-state index is 11.3. The van der Waals surface area contributed by atoms with Crippen LogP contribution in [-0.4, -0.2) is 62.9 Å². The maximum Gasteiger partial charge on any atom is 0.407 e. The molecule has 2 aromatic rings. The summed E-state index contributed by atoms with van der Waals surface area (Å²) in [5.41, 5.74) is 1.53. The van der Waals surface area contributed by atoms with Crippen LogP contribution in [0.1, 0.15) is 39.2 Å². The van der Waals surface area contributed by atoms with Gasteiger partial charge in [0.2, 0.25) is 0 Å². The Hall–Kier alpha value is -2.97. The number of carboxylic acid groups (broad SMARTS) is 1. The summed E-state index contributed by atoms with van der Waals surface area (Å²) in [5.74, 6) is 6.16. The second-order valence-corrected chi connectivity index (χ2v) is 9.14. The van der Waals surface area contributed by atoms with Crippen LogP contribution in [0.5, 0.6) is 0 Å². The fourth-order valence-corrected chi connectivity index (χ4v) is 5.23. The van der Waals surface area contributed by atoms with E-state index in [9.17, 15) is 9.90 Å². The number of piperidine rings is 1. The van der Waals surface area contributed by atoms with Crippen molar-refractivity contribution in [1.82, 2.24) is 19.9 Å². The van der Waals surface area contributed by atoms with Gasteiger partial charge in [-0.1, -0.05) is 20.8 Å². The number of aromatic nitrogens is 3. The van der Waals surface area contributed by atoms with Crippen LogP contribution in [0.4, 0.5) is 10.6 Å². The summed E-state index contributed by atoms with van der Waals surface area (Å²) in [6, 6.07) is 2.21. The summed E-state index contributed by atoms with van der Waals surface area (Å²) in [6.07, 6.45) is 5.71. The molecule has 1 atom stereocenters. The van der Waals surface area contributed by atoms with E-state index in [0.717, 1.165) is 36.2 Å². The highest BCUT2D eigenvalue weighted by molar-refractivity contribution is 5.92. The average Bonchev–Trinajstić information content (AvgIpc) is 2.65. The Morgan fingerprint density at radius 1 is 1.31 bits per heavy atom.